The van der Waals surface area contributed by atoms with Crippen LogP contribution in [0.4, 0.5) is 19.1 Å². The molecule has 172 valence electrons. The fraction of sp³-hybridized carbons (Fsp3) is 0.429. The maximum atomic E-state index is 12.6. The predicted octanol–water partition coefficient (Wildman–Crippen LogP) is 2.70. The number of carboxylic acids is 1. The Morgan fingerprint density at radius 2 is 1.81 bits per heavy atom. The van der Waals surface area contributed by atoms with Crippen LogP contribution in [0, 0.1) is 11.8 Å². The van der Waals surface area contributed by atoms with Crippen LogP contribution in [0.3, 0.4) is 0 Å². The Kier molecular flexibility index (Phi) is 7.62. The van der Waals surface area contributed by atoms with Gasteiger partial charge in [-0.1, -0.05) is 18.2 Å². The van der Waals surface area contributed by atoms with Crippen molar-refractivity contribution in [3.05, 3.63) is 54.4 Å². The number of nitrogens with one attached hydrogen (secondary N) is 1. The zero-order chi connectivity index (χ0) is 23.1. The van der Waals surface area contributed by atoms with Crippen molar-refractivity contribution in [3.8, 4) is 0 Å². The summed E-state index contributed by atoms with van der Waals surface area (Å²) in [6, 6.07) is 11.3. The summed E-state index contributed by atoms with van der Waals surface area (Å²) < 4.78 is 37.7. The highest BCUT2D eigenvalue weighted by molar-refractivity contribution is 5.94. The third-order valence-electron chi connectivity index (χ3n) is 5.37. The molecule has 0 aliphatic carbocycles. The topological polar surface area (TPSA) is 105 Å². The Bertz CT molecular complexity index is 899. The van der Waals surface area contributed by atoms with E-state index < -0.39 is 12.1 Å². The molecule has 2 N–H and O–H groups in total. The Morgan fingerprint density at radius 3 is 2.44 bits per heavy atom. The molecule has 8 nitrogen and oxygen atoms in total. The van der Waals surface area contributed by atoms with Crippen LogP contribution in [0.1, 0.15) is 16.8 Å². The molecule has 3 atom stereocenters. The highest BCUT2D eigenvalue weighted by atomic mass is 19.4. The van der Waals surface area contributed by atoms with E-state index in [1.807, 2.05) is 35.2 Å². The standard InChI is InChI=1S/C19H22N4O2.C2HF3O2/c24-18(14-5-2-1-3-6-14)23-10-7-16-15(12-23)13-25-17(16)11-22-19-20-8-4-9-21-19;3-2(4,5)1(6)7/h1-6,8-9,15-17H,7,10-13H2,(H,20,21,22);(H,6,7)/t15-,16-,17-;/m1./s1. The molecule has 0 unspecified atom stereocenters. The van der Waals surface area contributed by atoms with Crippen LogP contribution in [0.25, 0.3) is 0 Å². The van der Waals surface area contributed by atoms with Gasteiger partial charge in [0.2, 0.25) is 5.95 Å². The molecule has 3 heterocycles. The van der Waals surface area contributed by atoms with Gasteiger partial charge in [-0.15, -0.1) is 0 Å². The molecule has 2 aromatic rings. The first-order valence-electron chi connectivity index (χ1n) is 10.0. The number of aromatic nitrogens is 2. The second-order valence-electron chi connectivity index (χ2n) is 7.46. The minimum Gasteiger partial charge on any atom is -0.475 e. The van der Waals surface area contributed by atoms with Crippen LogP contribution in [0.15, 0.2) is 48.8 Å². The molecule has 1 aromatic heterocycles. The number of benzene rings is 1. The zero-order valence-corrected chi connectivity index (χ0v) is 17.0. The van der Waals surface area contributed by atoms with Gasteiger partial charge in [-0.25, -0.2) is 14.8 Å². The summed E-state index contributed by atoms with van der Waals surface area (Å²) in [7, 11) is 0. The van der Waals surface area contributed by atoms with E-state index in [2.05, 4.69) is 15.3 Å². The van der Waals surface area contributed by atoms with Crippen molar-refractivity contribution in [1.29, 1.82) is 0 Å². The number of hydrogen-bond donors (Lipinski definition) is 2. The number of fused-ring (bicyclic) bond motifs is 1. The van der Waals surface area contributed by atoms with Crippen molar-refractivity contribution in [2.24, 2.45) is 11.8 Å². The van der Waals surface area contributed by atoms with Crippen molar-refractivity contribution in [1.82, 2.24) is 14.9 Å². The number of piperidine rings is 1. The van der Waals surface area contributed by atoms with Crippen molar-refractivity contribution in [3.63, 3.8) is 0 Å². The molecule has 0 bridgehead atoms. The number of rotatable bonds is 4. The Balaban J connectivity index is 0.000000360. The fourth-order valence-corrected chi connectivity index (χ4v) is 3.83. The normalized spacial score (nSPS) is 22.3. The number of ether oxygens (including phenoxy) is 1. The number of halogens is 3. The lowest BCUT2D eigenvalue weighted by atomic mass is 9.84. The van der Waals surface area contributed by atoms with Crippen molar-refractivity contribution < 1.29 is 32.6 Å². The maximum absolute atomic E-state index is 12.6. The first-order valence-corrected chi connectivity index (χ1v) is 10.0. The first kappa shape index (κ1) is 23.5. The van der Waals surface area contributed by atoms with E-state index in [0.717, 1.165) is 25.1 Å². The van der Waals surface area contributed by atoms with Crippen LogP contribution in [0.5, 0.6) is 0 Å². The molecule has 2 aliphatic rings. The highest BCUT2D eigenvalue weighted by Gasteiger charge is 2.41. The monoisotopic (exact) mass is 452 g/mol. The summed E-state index contributed by atoms with van der Waals surface area (Å²) in [6.07, 6.45) is -0.503. The number of nitrogens with zero attached hydrogens (tertiary/aromatic N) is 3. The number of carbonyl (C=O) groups is 2. The van der Waals surface area contributed by atoms with Crippen molar-refractivity contribution in [2.45, 2.75) is 18.7 Å². The van der Waals surface area contributed by atoms with Crippen LogP contribution < -0.4 is 5.32 Å². The second kappa shape index (κ2) is 10.4. The Hall–Kier alpha value is -3.21. The lowest BCUT2D eigenvalue weighted by Crippen LogP contribution is -2.45. The molecule has 2 saturated heterocycles. The van der Waals surface area contributed by atoms with Crippen molar-refractivity contribution >= 4 is 17.8 Å². The number of alkyl halides is 3. The number of carbonyl (C=O) groups excluding carboxylic acids is 1. The zero-order valence-electron chi connectivity index (χ0n) is 17.0. The van der Waals surface area contributed by atoms with E-state index in [-0.39, 0.29) is 12.0 Å². The minimum absolute atomic E-state index is 0.123. The van der Waals surface area contributed by atoms with Gasteiger partial charge < -0.3 is 20.1 Å². The number of carboxylic acid groups (broad SMARTS) is 1. The van der Waals surface area contributed by atoms with Gasteiger partial charge in [0, 0.05) is 43.5 Å². The predicted molar refractivity (Wildman–Crippen MR) is 108 cm³/mol. The van der Waals surface area contributed by atoms with Crippen LogP contribution in [0.2, 0.25) is 0 Å². The lowest BCUT2D eigenvalue weighted by molar-refractivity contribution is -0.192. The van der Waals surface area contributed by atoms with E-state index in [9.17, 15) is 18.0 Å². The minimum atomic E-state index is -5.08. The fourth-order valence-electron chi connectivity index (χ4n) is 3.83. The largest absolute Gasteiger partial charge is 0.490 e. The molecule has 1 aromatic carbocycles. The van der Waals surface area contributed by atoms with Crippen LogP contribution in [-0.2, 0) is 9.53 Å². The van der Waals surface area contributed by atoms with E-state index in [1.165, 1.54) is 0 Å². The number of hydrogen-bond acceptors (Lipinski definition) is 6. The van der Waals surface area contributed by atoms with E-state index in [1.54, 1.807) is 18.5 Å². The summed E-state index contributed by atoms with van der Waals surface area (Å²) in [5.41, 5.74) is 0.763. The molecule has 0 radical (unpaired) electrons. The average Bonchev–Trinajstić information content (AvgIpc) is 3.20. The Morgan fingerprint density at radius 1 is 1.16 bits per heavy atom. The third-order valence-corrected chi connectivity index (χ3v) is 5.37. The summed E-state index contributed by atoms with van der Waals surface area (Å²) in [5, 5.41) is 10.4. The van der Waals surface area contributed by atoms with Gasteiger partial charge in [-0.2, -0.15) is 13.2 Å². The molecule has 4 rings (SSSR count). The summed E-state index contributed by atoms with van der Waals surface area (Å²) in [6.45, 7) is 2.98. The molecule has 11 heteroatoms. The second-order valence-corrected chi connectivity index (χ2v) is 7.46. The number of likely N-dealkylation sites (tertiary alicyclic amines) is 1. The quantitative estimate of drug-likeness (QED) is 0.735. The van der Waals surface area contributed by atoms with Crippen molar-refractivity contribution in [2.75, 3.05) is 31.6 Å². The first-order chi connectivity index (χ1) is 15.3. The number of anilines is 1. The summed E-state index contributed by atoms with van der Waals surface area (Å²) >= 11 is 0. The van der Waals surface area contributed by atoms with E-state index in [0.29, 0.717) is 30.9 Å². The molecule has 2 fully saturated rings. The van der Waals surface area contributed by atoms with Gasteiger partial charge in [-0.05, 0) is 30.5 Å². The van der Waals surface area contributed by atoms with Gasteiger partial charge in [0.25, 0.3) is 5.91 Å². The van der Waals surface area contributed by atoms with Crippen LogP contribution >= 0.6 is 0 Å². The maximum Gasteiger partial charge on any atom is 0.490 e. The molecular formula is C21H23F3N4O4. The highest BCUT2D eigenvalue weighted by Crippen LogP contribution is 2.34. The van der Waals surface area contributed by atoms with Gasteiger partial charge in [0.05, 0.1) is 12.7 Å². The summed E-state index contributed by atoms with van der Waals surface area (Å²) in [5.74, 6) is -1.11. The smallest absolute Gasteiger partial charge is 0.475 e. The number of aliphatic carboxylic acids is 1. The van der Waals surface area contributed by atoms with E-state index in [4.69, 9.17) is 14.6 Å². The molecule has 0 saturated carbocycles. The van der Waals surface area contributed by atoms with Gasteiger partial charge >= 0.3 is 12.1 Å². The summed E-state index contributed by atoms with van der Waals surface area (Å²) in [4.78, 5) is 31.9. The average molecular weight is 452 g/mol. The van der Waals surface area contributed by atoms with Gasteiger partial charge in [0.1, 0.15) is 0 Å². The van der Waals surface area contributed by atoms with Gasteiger partial charge in [0.15, 0.2) is 0 Å². The molecule has 1 amide bonds. The molecule has 0 spiro atoms. The SMILES string of the molecule is O=C(O)C(F)(F)F.O=C(c1ccccc1)N1CC[C@@H]2[C@@H](CO[C@@H]2CNc2ncccn2)C1. The molecule has 32 heavy (non-hydrogen) atoms. The lowest BCUT2D eigenvalue weighted by Gasteiger charge is -2.35. The Labute approximate surface area is 182 Å². The van der Waals surface area contributed by atoms with E-state index >= 15 is 0 Å². The van der Waals surface area contributed by atoms with Crippen LogP contribution in [-0.4, -0.2) is 70.4 Å². The number of amides is 1. The third kappa shape index (κ3) is 6.16. The molecular weight excluding hydrogens is 429 g/mol. The van der Waals surface area contributed by atoms with Gasteiger partial charge in [-0.3, -0.25) is 4.79 Å². The molecule has 2 aliphatic heterocycles.